The van der Waals surface area contributed by atoms with E-state index in [1.165, 1.54) is 30.6 Å². The average Bonchev–Trinajstić information content (AvgIpc) is 2.67. The Morgan fingerprint density at radius 2 is 1.81 bits per heavy atom. The zero-order valence-electron chi connectivity index (χ0n) is 16.3. The summed E-state index contributed by atoms with van der Waals surface area (Å²) in [5.41, 5.74) is 6.83. The highest BCUT2D eigenvalue weighted by atomic mass is 19.4. The molecule has 1 aliphatic rings. The summed E-state index contributed by atoms with van der Waals surface area (Å²) in [6, 6.07) is 8.99. The zero-order valence-corrected chi connectivity index (χ0v) is 16.3. The first-order valence-electron chi connectivity index (χ1n) is 9.68. The molecule has 0 unspecified atom stereocenters. The van der Waals surface area contributed by atoms with E-state index >= 15 is 4.39 Å². The van der Waals surface area contributed by atoms with Crippen LogP contribution in [0.15, 0.2) is 48.8 Å². The minimum absolute atomic E-state index is 0.00244. The van der Waals surface area contributed by atoms with Crippen LogP contribution in [-0.4, -0.2) is 16.3 Å². The number of ether oxygens (including phenoxy) is 2. The van der Waals surface area contributed by atoms with Crippen LogP contribution in [0.25, 0.3) is 11.3 Å². The van der Waals surface area contributed by atoms with E-state index in [9.17, 15) is 13.2 Å². The van der Waals surface area contributed by atoms with Gasteiger partial charge in [-0.15, -0.1) is 13.2 Å². The molecule has 0 atom stereocenters. The molecular formula is C22H19F4N3O2. The molecule has 0 spiro atoms. The van der Waals surface area contributed by atoms with Gasteiger partial charge in [-0.3, -0.25) is 4.98 Å². The molecular weight excluding hydrogens is 414 g/mol. The number of aromatic nitrogens is 2. The number of rotatable bonds is 6. The third-order valence-corrected chi connectivity index (χ3v) is 5.19. The summed E-state index contributed by atoms with van der Waals surface area (Å²) in [5, 5.41) is 0. The first-order valence-corrected chi connectivity index (χ1v) is 9.68. The van der Waals surface area contributed by atoms with Gasteiger partial charge in [0.2, 0.25) is 0 Å². The first-order chi connectivity index (χ1) is 14.8. The minimum atomic E-state index is -4.84. The number of nitrogen functional groups attached to an aromatic ring is 1. The molecule has 1 fully saturated rings. The van der Waals surface area contributed by atoms with E-state index in [2.05, 4.69) is 14.7 Å². The van der Waals surface area contributed by atoms with Crippen molar-refractivity contribution >= 4 is 5.82 Å². The molecule has 31 heavy (non-hydrogen) atoms. The Hall–Kier alpha value is -3.36. The fraction of sp³-hybridized carbons (Fsp3) is 0.273. The molecule has 4 rings (SSSR count). The molecule has 9 heteroatoms. The Kier molecular flexibility index (Phi) is 5.67. The van der Waals surface area contributed by atoms with E-state index in [0.717, 1.165) is 19.3 Å². The lowest BCUT2D eigenvalue weighted by atomic mass is 9.79. The largest absolute Gasteiger partial charge is 0.573 e. The van der Waals surface area contributed by atoms with Gasteiger partial charge in [0.25, 0.3) is 0 Å². The molecule has 3 aromatic rings. The third-order valence-electron chi connectivity index (χ3n) is 5.19. The smallest absolute Gasteiger partial charge is 0.485 e. The van der Waals surface area contributed by atoms with Crippen LogP contribution in [0.2, 0.25) is 0 Å². The maximum atomic E-state index is 15.5. The van der Waals surface area contributed by atoms with Crippen molar-refractivity contribution in [2.45, 2.75) is 38.1 Å². The summed E-state index contributed by atoms with van der Waals surface area (Å²) in [6.07, 6.45) is 0.646. The molecule has 162 valence electrons. The summed E-state index contributed by atoms with van der Waals surface area (Å²) in [4.78, 5) is 8.04. The molecule has 1 heterocycles. The van der Waals surface area contributed by atoms with E-state index < -0.39 is 12.2 Å². The zero-order chi connectivity index (χ0) is 22.0. The van der Waals surface area contributed by atoms with Crippen molar-refractivity contribution in [3.05, 3.63) is 65.7 Å². The number of para-hydroxylation sites is 1. The molecule has 5 nitrogen and oxygen atoms in total. The van der Waals surface area contributed by atoms with Crippen molar-refractivity contribution in [3.63, 3.8) is 0 Å². The predicted molar refractivity (Wildman–Crippen MR) is 106 cm³/mol. The number of benzene rings is 2. The molecule has 0 aliphatic heterocycles. The van der Waals surface area contributed by atoms with Crippen LogP contribution < -0.4 is 15.2 Å². The highest BCUT2D eigenvalue weighted by molar-refractivity contribution is 5.64. The van der Waals surface area contributed by atoms with E-state index in [0.29, 0.717) is 5.56 Å². The average molecular weight is 433 g/mol. The summed E-state index contributed by atoms with van der Waals surface area (Å²) in [5.74, 6) is -0.688. The molecule has 1 saturated carbocycles. The van der Waals surface area contributed by atoms with E-state index in [1.807, 2.05) is 0 Å². The van der Waals surface area contributed by atoms with E-state index in [4.69, 9.17) is 10.5 Å². The van der Waals surface area contributed by atoms with Gasteiger partial charge in [-0.25, -0.2) is 9.37 Å². The third kappa shape index (κ3) is 4.70. The van der Waals surface area contributed by atoms with Gasteiger partial charge in [-0.1, -0.05) is 30.7 Å². The van der Waals surface area contributed by atoms with Crippen LogP contribution in [0.4, 0.5) is 23.4 Å². The van der Waals surface area contributed by atoms with Gasteiger partial charge in [-0.05, 0) is 30.9 Å². The van der Waals surface area contributed by atoms with Crippen LogP contribution >= 0.6 is 0 Å². The Balaban J connectivity index is 1.67. The number of hydrogen-bond acceptors (Lipinski definition) is 5. The fourth-order valence-electron chi connectivity index (χ4n) is 3.43. The summed E-state index contributed by atoms with van der Waals surface area (Å²) >= 11 is 0. The van der Waals surface area contributed by atoms with E-state index in [1.54, 1.807) is 18.2 Å². The molecule has 0 saturated heterocycles. The molecule has 2 aromatic carbocycles. The quantitative estimate of drug-likeness (QED) is 0.512. The second-order valence-electron chi connectivity index (χ2n) is 7.24. The number of nitrogens with two attached hydrogens (primary N) is 1. The molecule has 0 amide bonds. The van der Waals surface area contributed by atoms with Gasteiger partial charge in [0.05, 0.1) is 18.1 Å². The lowest BCUT2D eigenvalue weighted by Gasteiger charge is -2.28. The molecule has 1 aromatic heterocycles. The van der Waals surface area contributed by atoms with Crippen molar-refractivity contribution in [2.75, 3.05) is 5.73 Å². The minimum Gasteiger partial charge on any atom is -0.485 e. The second-order valence-corrected chi connectivity index (χ2v) is 7.24. The summed E-state index contributed by atoms with van der Waals surface area (Å²) in [6.45, 7) is -0.292. The van der Waals surface area contributed by atoms with Crippen molar-refractivity contribution < 1.29 is 27.0 Å². The second kappa shape index (κ2) is 8.41. The lowest BCUT2D eigenvalue weighted by Crippen LogP contribution is -2.18. The van der Waals surface area contributed by atoms with Crippen molar-refractivity contribution in [1.29, 1.82) is 0 Å². The Morgan fingerprint density at radius 3 is 2.45 bits per heavy atom. The predicted octanol–water partition coefficient (Wildman–Crippen LogP) is 5.61. The highest BCUT2D eigenvalue weighted by Gasteiger charge is 2.32. The van der Waals surface area contributed by atoms with Crippen LogP contribution in [0.1, 0.15) is 36.3 Å². The fourth-order valence-corrected chi connectivity index (χ4v) is 3.43. The number of nitrogens with zero attached hydrogens (tertiary/aromatic N) is 2. The van der Waals surface area contributed by atoms with Crippen LogP contribution in [-0.2, 0) is 6.61 Å². The van der Waals surface area contributed by atoms with Crippen LogP contribution in [0, 0.1) is 5.82 Å². The van der Waals surface area contributed by atoms with Crippen LogP contribution in [0.5, 0.6) is 11.5 Å². The lowest BCUT2D eigenvalue weighted by molar-refractivity contribution is -0.275. The van der Waals surface area contributed by atoms with Crippen molar-refractivity contribution in [3.8, 4) is 22.8 Å². The summed E-state index contributed by atoms with van der Waals surface area (Å²) in [7, 11) is 0. The Labute approximate surface area is 175 Å². The van der Waals surface area contributed by atoms with E-state index in [-0.39, 0.29) is 46.7 Å². The molecule has 2 N–H and O–H groups in total. The maximum absolute atomic E-state index is 15.5. The SMILES string of the molecule is Nc1cnc(-c2ccc(C3CCC3)c(OCc3ccccc3OC(F)(F)F)c2F)cn1. The monoisotopic (exact) mass is 433 g/mol. The first kappa shape index (κ1) is 20.9. The molecule has 0 bridgehead atoms. The standard InChI is InChI=1S/C22H19F4N3O2/c23-20-16(17-10-29-19(27)11-28-17)9-8-15(13-5-3-6-13)21(20)30-12-14-4-1-2-7-18(14)31-22(24,25)26/h1-2,4,7-11,13H,3,5-6,12H2,(H2,27,29). The highest BCUT2D eigenvalue weighted by Crippen LogP contribution is 2.44. The molecule has 1 aliphatic carbocycles. The number of alkyl halides is 3. The Bertz CT molecular complexity index is 1070. The van der Waals surface area contributed by atoms with Gasteiger partial charge in [0.1, 0.15) is 18.2 Å². The van der Waals surface area contributed by atoms with Gasteiger partial charge in [0.15, 0.2) is 11.6 Å². The molecule has 0 radical (unpaired) electrons. The van der Waals surface area contributed by atoms with Crippen molar-refractivity contribution in [2.24, 2.45) is 0 Å². The topological polar surface area (TPSA) is 70.3 Å². The number of hydrogen-bond donors (Lipinski definition) is 1. The van der Waals surface area contributed by atoms with Crippen LogP contribution in [0.3, 0.4) is 0 Å². The van der Waals surface area contributed by atoms with Crippen molar-refractivity contribution in [1.82, 2.24) is 9.97 Å². The maximum Gasteiger partial charge on any atom is 0.573 e. The number of anilines is 1. The summed E-state index contributed by atoms with van der Waals surface area (Å²) < 4.78 is 63.4. The Morgan fingerprint density at radius 1 is 1.03 bits per heavy atom. The van der Waals surface area contributed by atoms with Gasteiger partial charge < -0.3 is 15.2 Å². The number of halogens is 4. The normalized spacial score (nSPS) is 14.2. The van der Waals surface area contributed by atoms with Gasteiger partial charge in [0, 0.05) is 16.7 Å². The van der Waals surface area contributed by atoms with Gasteiger partial charge in [-0.2, -0.15) is 0 Å². The van der Waals surface area contributed by atoms with Gasteiger partial charge >= 0.3 is 6.36 Å².